The number of thiazole rings is 1. The van der Waals surface area contributed by atoms with Crippen LogP contribution in [0.4, 0.5) is 5.82 Å². The molecule has 3 nitrogen and oxygen atoms in total. The van der Waals surface area contributed by atoms with E-state index in [9.17, 15) is 0 Å². The van der Waals surface area contributed by atoms with Crippen molar-refractivity contribution in [3.05, 3.63) is 41.6 Å². The Kier molecular flexibility index (Phi) is 3.01. The van der Waals surface area contributed by atoms with Crippen LogP contribution >= 0.6 is 11.3 Å². The molecule has 0 bridgehead atoms. The van der Waals surface area contributed by atoms with Gasteiger partial charge in [0.1, 0.15) is 5.82 Å². The van der Waals surface area contributed by atoms with Crippen molar-refractivity contribution < 1.29 is 0 Å². The van der Waals surface area contributed by atoms with Crippen LogP contribution in [0.2, 0.25) is 0 Å². The first kappa shape index (κ1) is 10.8. The maximum Gasteiger partial charge on any atom is 0.124 e. The molecule has 0 aliphatic heterocycles. The molecule has 0 saturated carbocycles. The summed E-state index contributed by atoms with van der Waals surface area (Å²) in [6.45, 7) is 5.88. The lowest BCUT2D eigenvalue weighted by Gasteiger charge is -1.96. The first-order valence-corrected chi connectivity index (χ1v) is 5.79. The van der Waals surface area contributed by atoms with Crippen molar-refractivity contribution in [2.45, 2.75) is 13.3 Å². The molecule has 0 aliphatic rings. The lowest BCUT2D eigenvalue weighted by Crippen LogP contribution is -1.89. The van der Waals surface area contributed by atoms with E-state index in [-0.39, 0.29) is 0 Å². The highest BCUT2D eigenvalue weighted by molar-refractivity contribution is 7.15. The summed E-state index contributed by atoms with van der Waals surface area (Å²) in [5.74, 6) is 0.535. The Morgan fingerprint density at radius 1 is 1.50 bits per heavy atom. The minimum absolute atomic E-state index is 0.535. The molecular weight excluding hydrogens is 218 g/mol. The summed E-state index contributed by atoms with van der Waals surface area (Å²) < 4.78 is 0. The van der Waals surface area contributed by atoms with Crippen molar-refractivity contribution in [1.29, 1.82) is 0 Å². The molecule has 2 N–H and O–H groups in total. The predicted molar refractivity (Wildman–Crippen MR) is 68.3 cm³/mol. The average Bonchev–Trinajstić information content (AvgIpc) is 2.65. The van der Waals surface area contributed by atoms with Crippen LogP contribution in [0.25, 0.3) is 10.6 Å². The van der Waals surface area contributed by atoms with Crippen LogP contribution < -0.4 is 5.73 Å². The second-order valence-electron chi connectivity index (χ2n) is 3.70. The number of hydrogen-bond acceptors (Lipinski definition) is 4. The fraction of sp³-hybridized carbons (Fsp3) is 0.167. The van der Waals surface area contributed by atoms with Crippen molar-refractivity contribution in [3.8, 4) is 10.6 Å². The molecule has 0 atom stereocenters. The number of rotatable bonds is 3. The zero-order valence-electron chi connectivity index (χ0n) is 9.10. The third-order valence-corrected chi connectivity index (χ3v) is 3.05. The third-order valence-electron chi connectivity index (χ3n) is 2.03. The summed E-state index contributed by atoms with van der Waals surface area (Å²) in [7, 11) is 0. The number of nitrogen functional groups attached to an aromatic ring is 1. The van der Waals surface area contributed by atoms with Gasteiger partial charge in [0, 0.05) is 12.6 Å². The fourth-order valence-electron chi connectivity index (χ4n) is 1.36. The molecule has 2 heterocycles. The summed E-state index contributed by atoms with van der Waals surface area (Å²) >= 11 is 1.63. The lowest BCUT2D eigenvalue weighted by molar-refractivity contribution is 1.11. The summed E-state index contributed by atoms with van der Waals surface area (Å²) in [4.78, 5) is 9.65. The van der Waals surface area contributed by atoms with Crippen LogP contribution in [0.15, 0.2) is 36.5 Å². The van der Waals surface area contributed by atoms with Crippen molar-refractivity contribution >= 4 is 17.2 Å². The molecule has 0 unspecified atom stereocenters. The number of allylic oxidation sites excluding steroid dienone is 1. The van der Waals surface area contributed by atoms with Crippen LogP contribution in [-0.4, -0.2) is 9.97 Å². The molecular formula is C12H13N3S. The van der Waals surface area contributed by atoms with Gasteiger partial charge in [0.15, 0.2) is 0 Å². The van der Waals surface area contributed by atoms with Gasteiger partial charge in [-0.3, -0.25) is 0 Å². The lowest BCUT2D eigenvalue weighted by atomic mass is 10.3. The van der Waals surface area contributed by atoms with Crippen molar-refractivity contribution in [2.24, 2.45) is 0 Å². The van der Waals surface area contributed by atoms with E-state index >= 15 is 0 Å². The highest BCUT2D eigenvalue weighted by atomic mass is 32.1. The molecule has 0 aliphatic carbocycles. The van der Waals surface area contributed by atoms with Crippen LogP contribution in [0.3, 0.4) is 0 Å². The Hall–Kier alpha value is -1.68. The number of aromatic nitrogens is 2. The van der Waals surface area contributed by atoms with Crippen LogP contribution in [0.5, 0.6) is 0 Å². The minimum atomic E-state index is 0.535. The molecule has 2 aromatic heterocycles. The number of anilines is 1. The smallest absolute Gasteiger partial charge is 0.124 e. The van der Waals surface area contributed by atoms with Gasteiger partial charge >= 0.3 is 0 Å². The highest BCUT2D eigenvalue weighted by Crippen LogP contribution is 2.25. The average molecular weight is 231 g/mol. The molecule has 0 amide bonds. The minimum Gasteiger partial charge on any atom is -0.384 e. The quantitative estimate of drug-likeness (QED) is 0.826. The predicted octanol–water partition coefficient (Wildman–Crippen LogP) is 2.91. The van der Waals surface area contributed by atoms with Crippen molar-refractivity contribution in [1.82, 2.24) is 9.97 Å². The topological polar surface area (TPSA) is 51.8 Å². The van der Waals surface area contributed by atoms with E-state index < -0.39 is 0 Å². The molecule has 0 radical (unpaired) electrons. The Balaban J connectivity index is 2.28. The maximum absolute atomic E-state index is 5.64. The molecule has 4 heteroatoms. The van der Waals surface area contributed by atoms with Gasteiger partial charge in [-0.05, 0) is 19.1 Å². The van der Waals surface area contributed by atoms with Gasteiger partial charge in [-0.25, -0.2) is 9.97 Å². The van der Waals surface area contributed by atoms with Crippen molar-refractivity contribution in [2.75, 3.05) is 5.73 Å². The summed E-state index contributed by atoms with van der Waals surface area (Å²) in [5, 5.41) is 1.06. The molecule has 2 aromatic rings. The van der Waals surface area contributed by atoms with Crippen LogP contribution in [-0.2, 0) is 6.42 Å². The van der Waals surface area contributed by atoms with Gasteiger partial charge in [0.25, 0.3) is 0 Å². The molecule has 0 fully saturated rings. The third kappa shape index (κ3) is 2.46. The summed E-state index contributed by atoms with van der Waals surface area (Å²) in [6.07, 6.45) is 2.66. The van der Waals surface area contributed by atoms with E-state index in [2.05, 4.69) is 16.5 Å². The van der Waals surface area contributed by atoms with Gasteiger partial charge in [-0.15, -0.1) is 11.3 Å². The first-order valence-electron chi connectivity index (χ1n) is 4.97. The zero-order chi connectivity index (χ0) is 11.5. The normalized spacial score (nSPS) is 10.3. The number of hydrogen-bond donors (Lipinski definition) is 1. The Morgan fingerprint density at radius 3 is 3.00 bits per heavy atom. The first-order chi connectivity index (χ1) is 7.65. The Labute approximate surface area is 98.7 Å². The summed E-state index contributed by atoms with van der Waals surface area (Å²) in [6, 6.07) is 5.61. The van der Waals surface area contributed by atoms with Gasteiger partial charge in [0.2, 0.25) is 0 Å². The fourth-order valence-corrected chi connectivity index (χ4v) is 2.36. The zero-order valence-corrected chi connectivity index (χ0v) is 9.92. The second-order valence-corrected chi connectivity index (χ2v) is 4.82. The number of nitrogens with zero attached hydrogens (tertiary/aromatic N) is 2. The standard InChI is InChI=1S/C12H13N3S/c1-8(2)6-12-14-7-10(16-12)9-4-3-5-11(13)15-9/h3-5,7H,1,6H2,2H3,(H2,13,15). The molecule has 16 heavy (non-hydrogen) atoms. The van der Waals surface area contributed by atoms with E-state index in [0.717, 1.165) is 27.6 Å². The Morgan fingerprint density at radius 2 is 2.31 bits per heavy atom. The van der Waals surface area contributed by atoms with E-state index in [1.54, 1.807) is 17.4 Å². The van der Waals surface area contributed by atoms with Gasteiger partial charge < -0.3 is 5.73 Å². The second kappa shape index (κ2) is 4.45. The van der Waals surface area contributed by atoms with Gasteiger partial charge in [0.05, 0.1) is 15.6 Å². The van der Waals surface area contributed by atoms with E-state index in [1.165, 1.54) is 0 Å². The maximum atomic E-state index is 5.64. The largest absolute Gasteiger partial charge is 0.384 e. The van der Waals surface area contributed by atoms with Gasteiger partial charge in [-0.1, -0.05) is 18.2 Å². The van der Waals surface area contributed by atoms with E-state index in [1.807, 2.05) is 25.3 Å². The molecule has 0 spiro atoms. The number of nitrogens with two attached hydrogens (primary N) is 1. The summed E-state index contributed by atoms with van der Waals surface area (Å²) in [5.41, 5.74) is 7.63. The van der Waals surface area contributed by atoms with E-state index in [0.29, 0.717) is 5.82 Å². The molecule has 0 aromatic carbocycles. The van der Waals surface area contributed by atoms with Crippen LogP contribution in [0, 0.1) is 0 Å². The molecule has 2 rings (SSSR count). The highest BCUT2D eigenvalue weighted by Gasteiger charge is 2.05. The number of pyridine rings is 1. The molecule has 82 valence electrons. The van der Waals surface area contributed by atoms with E-state index in [4.69, 9.17) is 5.73 Å². The monoisotopic (exact) mass is 231 g/mol. The SMILES string of the molecule is C=C(C)Cc1ncc(-c2cccc(N)n2)s1. The Bertz CT molecular complexity index is 516. The van der Waals surface area contributed by atoms with Crippen LogP contribution in [0.1, 0.15) is 11.9 Å². The van der Waals surface area contributed by atoms with Crippen molar-refractivity contribution in [3.63, 3.8) is 0 Å². The molecule has 0 saturated heterocycles. The van der Waals surface area contributed by atoms with Gasteiger partial charge in [-0.2, -0.15) is 0 Å².